The molecule has 2 rings (SSSR count). The summed E-state index contributed by atoms with van der Waals surface area (Å²) in [6.07, 6.45) is 0. The van der Waals surface area contributed by atoms with E-state index in [0.29, 0.717) is 5.56 Å². The van der Waals surface area contributed by atoms with E-state index in [1.54, 1.807) is 14.1 Å². The summed E-state index contributed by atoms with van der Waals surface area (Å²) in [6, 6.07) is 9.05. The summed E-state index contributed by atoms with van der Waals surface area (Å²) in [5.41, 5.74) is 1.56. The molecule has 88 valence electrons. The van der Waals surface area contributed by atoms with Crippen LogP contribution in [0.15, 0.2) is 30.3 Å². The molecule has 0 bridgehead atoms. The molecule has 0 heterocycles. The summed E-state index contributed by atoms with van der Waals surface area (Å²) in [5, 5.41) is 11.6. The lowest BCUT2D eigenvalue weighted by Gasteiger charge is -2.12. The highest BCUT2D eigenvalue weighted by atomic mass is 16.3. The van der Waals surface area contributed by atoms with Gasteiger partial charge < -0.3 is 10.0 Å². The van der Waals surface area contributed by atoms with Crippen LogP contribution in [-0.2, 0) is 0 Å². The summed E-state index contributed by atoms with van der Waals surface area (Å²) < 4.78 is 0. The first kappa shape index (κ1) is 11.5. The Kier molecular flexibility index (Phi) is 2.76. The minimum absolute atomic E-state index is 0.106. The average Bonchev–Trinajstić information content (AvgIpc) is 2.29. The van der Waals surface area contributed by atoms with Crippen LogP contribution in [0.4, 0.5) is 0 Å². The number of phenols is 1. The van der Waals surface area contributed by atoms with Crippen molar-refractivity contribution in [2.45, 2.75) is 6.92 Å². The summed E-state index contributed by atoms with van der Waals surface area (Å²) in [7, 11) is 3.39. The van der Waals surface area contributed by atoms with Crippen molar-refractivity contribution in [3.8, 4) is 5.75 Å². The normalized spacial score (nSPS) is 10.5. The van der Waals surface area contributed by atoms with Crippen molar-refractivity contribution >= 4 is 16.7 Å². The number of fused-ring (bicyclic) bond motifs is 1. The molecule has 17 heavy (non-hydrogen) atoms. The number of nitrogens with zero attached hydrogens (tertiary/aromatic N) is 1. The summed E-state index contributed by atoms with van der Waals surface area (Å²) in [5.74, 6) is 0.0434. The van der Waals surface area contributed by atoms with Gasteiger partial charge in [-0.2, -0.15) is 0 Å². The Labute approximate surface area is 100 Å². The number of carbonyl (C=O) groups is 1. The molecule has 0 fully saturated rings. The Morgan fingerprint density at radius 1 is 1.18 bits per heavy atom. The predicted molar refractivity (Wildman–Crippen MR) is 68.4 cm³/mol. The third-order valence-corrected chi connectivity index (χ3v) is 2.85. The molecule has 0 aliphatic carbocycles. The highest BCUT2D eigenvalue weighted by Crippen LogP contribution is 2.28. The fourth-order valence-corrected chi connectivity index (χ4v) is 1.90. The van der Waals surface area contributed by atoms with Crippen LogP contribution in [0.25, 0.3) is 10.8 Å². The van der Waals surface area contributed by atoms with Gasteiger partial charge in [0.1, 0.15) is 5.75 Å². The second kappa shape index (κ2) is 4.09. The van der Waals surface area contributed by atoms with Crippen molar-refractivity contribution in [2.75, 3.05) is 14.1 Å². The molecule has 1 amide bonds. The van der Waals surface area contributed by atoms with Gasteiger partial charge in [-0.1, -0.05) is 18.2 Å². The molecule has 3 heteroatoms. The van der Waals surface area contributed by atoms with E-state index in [0.717, 1.165) is 16.3 Å². The van der Waals surface area contributed by atoms with Crippen LogP contribution >= 0.6 is 0 Å². The zero-order valence-corrected chi connectivity index (χ0v) is 10.2. The van der Waals surface area contributed by atoms with E-state index in [2.05, 4.69) is 0 Å². The standard InChI is InChI=1S/C14H15NO2/c1-9-5-4-6-11-12(9)7-10(8-13(11)16)14(17)15(2)3/h4-8,16H,1-3H3. The summed E-state index contributed by atoms with van der Waals surface area (Å²) >= 11 is 0. The molecule has 2 aromatic carbocycles. The Bertz CT molecular complexity index is 588. The van der Waals surface area contributed by atoms with E-state index in [9.17, 15) is 9.90 Å². The van der Waals surface area contributed by atoms with Gasteiger partial charge in [0, 0.05) is 25.0 Å². The van der Waals surface area contributed by atoms with E-state index in [1.807, 2.05) is 31.2 Å². The topological polar surface area (TPSA) is 40.5 Å². The largest absolute Gasteiger partial charge is 0.507 e. The highest BCUT2D eigenvalue weighted by Gasteiger charge is 2.12. The molecule has 1 N–H and O–H groups in total. The Morgan fingerprint density at radius 3 is 2.53 bits per heavy atom. The van der Waals surface area contributed by atoms with Crippen LogP contribution in [-0.4, -0.2) is 30.0 Å². The second-order valence-electron chi connectivity index (χ2n) is 4.36. The maximum Gasteiger partial charge on any atom is 0.253 e. The lowest BCUT2D eigenvalue weighted by atomic mass is 10.0. The number of rotatable bonds is 1. The maximum absolute atomic E-state index is 11.9. The van der Waals surface area contributed by atoms with Crippen molar-refractivity contribution in [2.24, 2.45) is 0 Å². The smallest absolute Gasteiger partial charge is 0.253 e. The van der Waals surface area contributed by atoms with E-state index in [4.69, 9.17) is 0 Å². The molecule has 0 radical (unpaired) electrons. The van der Waals surface area contributed by atoms with E-state index in [1.165, 1.54) is 11.0 Å². The van der Waals surface area contributed by atoms with E-state index >= 15 is 0 Å². The lowest BCUT2D eigenvalue weighted by Crippen LogP contribution is -2.21. The van der Waals surface area contributed by atoms with Crippen molar-refractivity contribution in [1.82, 2.24) is 4.90 Å². The van der Waals surface area contributed by atoms with Crippen LogP contribution in [0.3, 0.4) is 0 Å². The minimum atomic E-state index is -0.106. The van der Waals surface area contributed by atoms with Crippen LogP contribution in [0.5, 0.6) is 5.75 Å². The quantitative estimate of drug-likeness (QED) is 0.816. The maximum atomic E-state index is 11.9. The molecule has 0 saturated carbocycles. The van der Waals surface area contributed by atoms with Crippen molar-refractivity contribution in [3.63, 3.8) is 0 Å². The second-order valence-corrected chi connectivity index (χ2v) is 4.36. The SMILES string of the molecule is Cc1cccc2c(O)cc(C(=O)N(C)C)cc12. The van der Waals surface area contributed by atoms with Gasteiger partial charge in [-0.25, -0.2) is 0 Å². The molecule has 0 atom stereocenters. The van der Waals surface area contributed by atoms with Crippen LogP contribution in [0, 0.1) is 6.92 Å². The number of amides is 1. The molecule has 0 spiro atoms. The van der Waals surface area contributed by atoms with Gasteiger partial charge in [0.2, 0.25) is 0 Å². The van der Waals surface area contributed by atoms with Gasteiger partial charge in [-0.3, -0.25) is 4.79 Å². The third-order valence-electron chi connectivity index (χ3n) is 2.85. The zero-order chi connectivity index (χ0) is 12.6. The number of benzene rings is 2. The lowest BCUT2D eigenvalue weighted by molar-refractivity contribution is 0.0827. The fourth-order valence-electron chi connectivity index (χ4n) is 1.90. The molecule has 0 unspecified atom stereocenters. The first-order valence-corrected chi connectivity index (χ1v) is 5.44. The summed E-state index contributed by atoms with van der Waals surface area (Å²) in [6.45, 7) is 1.96. The molecule has 0 saturated heterocycles. The van der Waals surface area contributed by atoms with Crippen molar-refractivity contribution in [1.29, 1.82) is 0 Å². The monoisotopic (exact) mass is 229 g/mol. The Hall–Kier alpha value is -2.03. The molecule has 2 aromatic rings. The first-order valence-electron chi connectivity index (χ1n) is 5.44. The highest BCUT2D eigenvalue weighted by molar-refractivity contribution is 6.01. The van der Waals surface area contributed by atoms with Crippen molar-refractivity contribution in [3.05, 3.63) is 41.5 Å². The zero-order valence-electron chi connectivity index (χ0n) is 10.2. The van der Waals surface area contributed by atoms with E-state index in [-0.39, 0.29) is 11.7 Å². The van der Waals surface area contributed by atoms with Gasteiger partial charge in [-0.15, -0.1) is 0 Å². The number of aromatic hydroxyl groups is 1. The van der Waals surface area contributed by atoms with Crippen molar-refractivity contribution < 1.29 is 9.90 Å². The van der Waals surface area contributed by atoms with Gasteiger partial charge in [0.15, 0.2) is 0 Å². The van der Waals surface area contributed by atoms with Crippen LogP contribution < -0.4 is 0 Å². The van der Waals surface area contributed by atoms with Gasteiger partial charge in [-0.05, 0) is 30.0 Å². The Morgan fingerprint density at radius 2 is 1.88 bits per heavy atom. The Balaban J connectivity index is 2.70. The number of hydrogen-bond acceptors (Lipinski definition) is 2. The van der Waals surface area contributed by atoms with Crippen LogP contribution in [0.1, 0.15) is 15.9 Å². The number of hydrogen-bond donors (Lipinski definition) is 1. The van der Waals surface area contributed by atoms with E-state index < -0.39 is 0 Å². The number of carbonyl (C=O) groups excluding carboxylic acids is 1. The van der Waals surface area contributed by atoms with Gasteiger partial charge >= 0.3 is 0 Å². The fraction of sp³-hybridized carbons (Fsp3) is 0.214. The number of aryl methyl sites for hydroxylation is 1. The van der Waals surface area contributed by atoms with Gasteiger partial charge in [0.05, 0.1) is 0 Å². The third kappa shape index (κ3) is 1.96. The molecule has 0 aromatic heterocycles. The average molecular weight is 229 g/mol. The molecular weight excluding hydrogens is 214 g/mol. The predicted octanol–water partition coefficient (Wildman–Crippen LogP) is 2.56. The minimum Gasteiger partial charge on any atom is -0.507 e. The molecule has 3 nitrogen and oxygen atoms in total. The van der Waals surface area contributed by atoms with Crippen LogP contribution in [0.2, 0.25) is 0 Å². The number of phenolic OH excluding ortho intramolecular Hbond substituents is 1. The molecular formula is C14H15NO2. The summed E-state index contributed by atoms with van der Waals surface area (Å²) in [4.78, 5) is 13.4. The van der Waals surface area contributed by atoms with Gasteiger partial charge in [0.25, 0.3) is 5.91 Å². The first-order chi connectivity index (χ1) is 8.00. The molecule has 0 aliphatic heterocycles. The molecule has 0 aliphatic rings.